The van der Waals surface area contributed by atoms with Gasteiger partial charge in [0.15, 0.2) is 10.6 Å². The van der Waals surface area contributed by atoms with Gasteiger partial charge in [-0.25, -0.2) is 9.97 Å². The third-order valence-corrected chi connectivity index (χ3v) is 6.82. The van der Waals surface area contributed by atoms with Crippen LogP contribution < -0.4 is 10.8 Å². The molecule has 0 saturated carbocycles. The molecule has 3 heterocycles. The summed E-state index contributed by atoms with van der Waals surface area (Å²) in [7, 11) is 2.54. The van der Waals surface area contributed by atoms with Crippen LogP contribution in [0.1, 0.15) is 39.7 Å². The Bertz CT molecular complexity index is 1090. The summed E-state index contributed by atoms with van der Waals surface area (Å²) in [4.78, 5) is 9.70. The minimum atomic E-state index is -0.582. The fourth-order valence-corrected chi connectivity index (χ4v) is 4.16. The van der Waals surface area contributed by atoms with Gasteiger partial charge in [0.1, 0.15) is 11.2 Å². The van der Waals surface area contributed by atoms with Crippen molar-refractivity contribution in [2.75, 3.05) is 19.5 Å². The predicted molar refractivity (Wildman–Crippen MR) is 122 cm³/mol. The van der Waals surface area contributed by atoms with E-state index in [1.807, 2.05) is 45.9 Å². The molecule has 0 unspecified atom stereocenters. The number of methoxy groups -OCH3 is 2. The Morgan fingerprint density at radius 1 is 1.13 bits per heavy atom. The average Bonchev–Trinajstić information content (AvgIpc) is 3.21. The molecule has 0 atom stereocenters. The molecule has 1 aliphatic rings. The Labute approximate surface area is 190 Å². The Morgan fingerprint density at radius 2 is 1.81 bits per heavy atom. The summed E-state index contributed by atoms with van der Waals surface area (Å²) in [6.07, 6.45) is 1.03. The number of fused-ring (bicyclic) bond motifs is 1. The van der Waals surface area contributed by atoms with Gasteiger partial charge < -0.3 is 24.1 Å². The van der Waals surface area contributed by atoms with Crippen LogP contribution in [0, 0.1) is 0 Å². The summed E-state index contributed by atoms with van der Waals surface area (Å²) in [5.74, 6) is 0.568. The van der Waals surface area contributed by atoms with Crippen molar-refractivity contribution in [3.63, 3.8) is 0 Å². The van der Waals surface area contributed by atoms with Crippen LogP contribution in [0.15, 0.2) is 24.4 Å². The van der Waals surface area contributed by atoms with Gasteiger partial charge in [-0.3, -0.25) is 0 Å². The molecule has 1 aliphatic heterocycles. The largest absolute Gasteiger partial charge is 0.496 e. The summed E-state index contributed by atoms with van der Waals surface area (Å²) in [5.41, 5.74) is 1.74. The zero-order valence-corrected chi connectivity index (χ0v) is 19.8. The molecule has 1 N–H and O–H groups in total. The van der Waals surface area contributed by atoms with Crippen LogP contribution in [0.3, 0.4) is 0 Å². The van der Waals surface area contributed by atoms with Crippen molar-refractivity contribution in [3.8, 4) is 0 Å². The molecular formula is C20H24BClN4O4S. The number of hydrogen-bond donors (Lipinski definition) is 1. The molecular weight excluding hydrogens is 439 g/mol. The highest BCUT2D eigenvalue weighted by Crippen LogP contribution is 2.38. The number of rotatable bonds is 6. The van der Waals surface area contributed by atoms with Crippen LogP contribution in [-0.4, -0.2) is 46.9 Å². The first kappa shape index (κ1) is 22.4. The van der Waals surface area contributed by atoms with Crippen LogP contribution in [0.2, 0.25) is 5.02 Å². The molecule has 11 heteroatoms. The summed E-state index contributed by atoms with van der Waals surface area (Å²) in [6, 6.07) is 5.67. The normalized spacial score (nSPS) is 17.6. The van der Waals surface area contributed by atoms with Crippen LogP contribution in [0.5, 0.6) is 0 Å². The number of ether oxygens (including phenoxy) is 2. The van der Waals surface area contributed by atoms with Crippen molar-refractivity contribution < 1.29 is 18.8 Å². The van der Waals surface area contributed by atoms with Crippen molar-refractivity contribution in [3.05, 3.63) is 35.1 Å². The summed E-state index contributed by atoms with van der Waals surface area (Å²) in [5, 5.41) is 3.77. The maximum atomic E-state index is 6.73. The Kier molecular flexibility index (Phi) is 5.97. The number of nitrogens with zero attached hydrogens (tertiary/aromatic N) is 3. The molecule has 0 radical (unpaired) electrons. The zero-order valence-electron chi connectivity index (χ0n) is 18.2. The number of nitrogens with one attached hydrogen (secondary N) is 1. The molecule has 0 aliphatic carbocycles. The lowest BCUT2D eigenvalue weighted by atomic mass is 9.79. The summed E-state index contributed by atoms with van der Waals surface area (Å²) in [6.45, 7) is 8.04. The second kappa shape index (κ2) is 8.27. The lowest BCUT2D eigenvalue weighted by molar-refractivity contribution is -0.108. The molecule has 3 aromatic rings. The molecule has 2 aromatic heterocycles. The topological polar surface area (TPSA) is 87.6 Å². The highest BCUT2D eigenvalue weighted by atomic mass is 35.5. The van der Waals surface area contributed by atoms with E-state index in [4.69, 9.17) is 30.4 Å². The lowest BCUT2D eigenvalue weighted by Gasteiger charge is -2.32. The molecule has 0 bridgehead atoms. The Morgan fingerprint density at radius 3 is 2.45 bits per heavy atom. The third kappa shape index (κ3) is 4.04. The molecule has 8 nitrogen and oxygen atoms in total. The van der Waals surface area contributed by atoms with E-state index in [1.54, 1.807) is 20.4 Å². The first-order valence-electron chi connectivity index (χ1n) is 9.76. The zero-order chi connectivity index (χ0) is 22.4. The van der Waals surface area contributed by atoms with Crippen LogP contribution in [0.4, 0.5) is 11.5 Å². The van der Waals surface area contributed by atoms with E-state index in [0.717, 1.165) is 5.46 Å². The fraction of sp³-hybridized carbons (Fsp3) is 0.450. The Hall–Kier alpha value is -1.82. The molecule has 0 spiro atoms. The van der Waals surface area contributed by atoms with Crippen LogP contribution in [0.25, 0.3) is 10.3 Å². The van der Waals surface area contributed by atoms with Gasteiger partial charge in [0, 0.05) is 19.7 Å². The molecule has 1 saturated heterocycles. The molecule has 164 valence electrons. The van der Waals surface area contributed by atoms with E-state index in [2.05, 4.69) is 19.7 Å². The maximum absolute atomic E-state index is 6.73. The number of halogens is 1. The number of hydrogen-bond acceptors (Lipinski definition) is 9. The third-order valence-electron chi connectivity index (χ3n) is 5.67. The lowest BCUT2D eigenvalue weighted by Crippen LogP contribution is -2.41. The van der Waals surface area contributed by atoms with E-state index >= 15 is 0 Å². The van der Waals surface area contributed by atoms with Gasteiger partial charge in [0.2, 0.25) is 6.29 Å². The average molecular weight is 463 g/mol. The molecule has 0 amide bonds. The number of aromatic nitrogens is 3. The number of anilines is 2. The first-order valence-corrected chi connectivity index (χ1v) is 10.9. The summed E-state index contributed by atoms with van der Waals surface area (Å²) < 4.78 is 27.3. The summed E-state index contributed by atoms with van der Waals surface area (Å²) >= 11 is 7.96. The van der Waals surface area contributed by atoms with Crippen molar-refractivity contribution >= 4 is 57.6 Å². The van der Waals surface area contributed by atoms with Crippen LogP contribution in [-0.2, 0) is 18.8 Å². The van der Waals surface area contributed by atoms with Gasteiger partial charge in [-0.2, -0.15) is 4.37 Å². The van der Waals surface area contributed by atoms with Gasteiger partial charge in [-0.05, 0) is 45.3 Å². The van der Waals surface area contributed by atoms with Gasteiger partial charge in [0.05, 0.1) is 28.1 Å². The van der Waals surface area contributed by atoms with E-state index in [1.165, 1.54) is 11.5 Å². The van der Waals surface area contributed by atoms with E-state index < -0.39 is 24.6 Å². The highest BCUT2D eigenvalue weighted by molar-refractivity contribution is 7.13. The van der Waals surface area contributed by atoms with Crippen molar-refractivity contribution in [2.45, 2.75) is 45.2 Å². The minimum absolute atomic E-state index is 0.453. The van der Waals surface area contributed by atoms with Gasteiger partial charge in [-0.15, -0.1) is 0 Å². The second-order valence-electron chi connectivity index (χ2n) is 8.21. The van der Waals surface area contributed by atoms with Crippen molar-refractivity contribution in [1.29, 1.82) is 0 Å². The minimum Gasteiger partial charge on any atom is -0.399 e. The van der Waals surface area contributed by atoms with Gasteiger partial charge >= 0.3 is 7.12 Å². The molecule has 1 fully saturated rings. The quantitative estimate of drug-likeness (QED) is 0.433. The van der Waals surface area contributed by atoms with Gasteiger partial charge in [0.25, 0.3) is 0 Å². The smallest absolute Gasteiger partial charge is 0.399 e. The van der Waals surface area contributed by atoms with E-state index in [0.29, 0.717) is 32.6 Å². The second-order valence-corrected chi connectivity index (χ2v) is 9.33. The SMILES string of the molecule is COC(OC)c1cnc2c(Nc3cccc(B4OC(C)(C)C(C)(C)O4)c3Cl)nsc2n1. The van der Waals surface area contributed by atoms with Crippen molar-refractivity contribution in [1.82, 2.24) is 14.3 Å². The maximum Gasteiger partial charge on any atom is 0.496 e. The molecule has 4 rings (SSSR count). The Balaban J connectivity index is 1.62. The van der Waals surface area contributed by atoms with Crippen LogP contribution >= 0.6 is 23.1 Å². The standard InChI is InChI=1S/C20H24BClN4O4S/c1-19(2)20(3,4)30-21(29-19)11-8-7-9-12(14(11)22)24-16-15-17(31-26-16)25-13(10-23-15)18(27-5)28-6/h7-10,18H,1-6H3,(H,24,26). The monoisotopic (exact) mass is 462 g/mol. The predicted octanol–water partition coefficient (Wildman–Crippen LogP) is 4.07. The molecule has 1 aromatic carbocycles. The number of benzene rings is 1. The fourth-order valence-electron chi connectivity index (χ4n) is 3.20. The van der Waals surface area contributed by atoms with Gasteiger partial charge in [-0.1, -0.05) is 23.7 Å². The van der Waals surface area contributed by atoms with Crippen molar-refractivity contribution in [2.24, 2.45) is 0 Å². The first-order chi connectivity index (χ1) is 14.7. The van der Waals surface area contributed by atoms with E-state index in [-0.39, 0.29) is 0 Å². The highest BCUT2D eigenvalue weighted by Gasteiger charge is 2.52. The van der Waals surface area contributed by atoms with E-state index in [9.17, 15) is 0 Å². The molecule has 31 heavy (non-hydrogen) atoms.